The van der Waals surface area contributed by atoms with Crippen LogP contribution >= 0.6 is 11.6 Å². The normalized spacial score (nSPS) is 11.0. The lowest BCUT2D eigenvalue weighted by molar-refractivity contribution is 0.715. The van der Waals surface area contributed by atoms with Gasteiger partial charge >= 0.3 is 0 Å². The number of fused-ring (bicyclic) bond motifs is 1. The molecular formula is C12H15ClN2. The van der Waals surface area contributed by atoms with Gasteiger partial charge in [0.15, 0.2) is 0 Å². The maximum Gasteiger partial charge on any atom is 0.0995 e. The number of aromatic nitrogens is 2. The summed E-state index contributed by atoms with van der Waals surface area (Å²) < 4.78 is 2.07. The molecule has 0 amide bonds. The first-order valence-electron chi connectivity index (χ1n) is 5.38. The Morgan fingerprint density at radius 2 is 2.13 bits per heavy atom. The van der Waals surface area contributed by atoms with E-state index in [0.717, 1.165) is 18.7 Å². The molecule has 80 valence electrons. The van der Waals surface area contributed by atoms with E-state index < -0.39 is 0 Å². The zero-order valence-corrected chi connectivity index (χ0v) is 9.45. The fourth-order valence-corrected chi connectivity index (χ4v) is 1.94. The zero-order valence-electron chi connectivity index (χ0n) is 8.69. The summed E-state index contributed by atoms with van der Waals surface area (Å²) in [5.41, 5.74) is 2.42. The van der Waals surface area contributed by atoms with E-state index in [0.29, 0.717) is 0 Å². The van der Waals surface area contributed by atoms with Crippen molar-refractivity contribution in [1.82, 2.24) is 9.38 Å². The topological polar surface area (TPSA) is 17.3 Å². The molecule has 0 atom stereocenters. The van der Waals surface area contributed by atoms with Gasteiger partial charge in [-0.15, -0.1) is 11.6 Å². The highest BCUT2D eigenvalue weighted by Gasteiger charge is 2.02. The molecule has 0 aliphatic carbocycles. The smallest absolute Gasteiger partial charge is 0.0995 e. The summed E-state index contributed by atoms with van der Waals surface area (Å²) in [7, 11) is 0. The number of hydrogen-bond donors (Lipinski definition) is 0. The number of hydrogen-bond acceptors (Lipinski definition) is 1. The Morgan fingerprint density at radius 1 is 1.20 bits per heavy atom. The van der Waals surface area contributed by atoms with Gasteiger partial charge in [0.05, 0.1) is 17.5 Å². The van der Waals surface area contributed by atoms with Crippen LogP contribution in [0.4, 0.5) is 0 Å². The molecule has 0 saturated heterocycles. The van der Waals surface area contributed by atoms with Gasteiger partial charge in [-0.3, -0.25) is 0 Å². The van der Waals surface area contributed by atoms with Gasteiger partial charge in [-0.2, -0.15) is 0 Å². The Hall–Kier alpha value is -1.02. The fraction of sp³-hybridized carbons (Fsp3) is 0.417. The van der Waals surface area contributed by atoms with Gasteiger partial charge in [-0.25, -0.2) is 4.98 Å². The average Bonchev–Trinajstić information content (AvgIpc) is 2.68. The van der Waals surface area contributed by atoms with Crippen LogP contribution in [-0.4, -0.2) is 15.3 Å². The van der Waals surface area contributed by atoms with E-state index >= 15 is 0 Å². The predicted octanol–water partition coefficient (Wildman–Crippen LogP) is 3.29. The van der Waals surface area contributed by atoms with Crippen LogP contribution in [0.2, 0.25) is 0 Å². The second-order valence-electron chi connectivity index (χ2n) is 3.68. The summed E-state index contributed by atoms with van der Waals surface area (Å²) in [6.07, 6.45) is 8.44. The number of aryl methyl sites for hydroxylation is 1. The molecule has 2 nitrogen and oxygen atoms in total. The van der Waals surface area contributed by atoms with Crippen molar-refractivity contribution >= 4 is 17.1 Å². The lowest BCUT2D eigenvalue weighted by Crippen LogP contribution is -1.88. The maximum absolute atomic E-state index is 5.64. The molecule has 0 saturated carbocycles. The lowest BCUT2D eigenvalue weighted by atomic mass is 10.1. The van der Waals surface area contributed by atoms with Gasteiger partial charge in [0.25, 0.3) is 0 Å². The fourth-order valence-electron chi connectivity index (χ4n) is 1.76. The van der Waals surface area contributed by atoms with Crippen LogP contribution in [0, 0.1) is 0 Å². The molecule has 0 aliphatic heterocycles. The third-order valence-corrected chi connectivity index (χ3v) is 2.84. The van der Waals surface area contributed by atoms with Crippen molar-refractivity contribution in [3.63, 3.8) is 0 Å². The molecule has 2 heterocycles. The largest absolute Gasteiger partial charge is 0.306 e. The molecule has 0 N–H and O–H groups in total. The molecule has 3 heteroatoms. The van der Waals surface area contributed by atoms with E-state index in [9.17, 15) is 0 Å². The van der Waals surface area contributed by atoms with E-state index in [1.165, 1.54) is 24.1 Å². The maximum atomic E-state index is 5.64. The van der Waals surface area contributed by atoms with Gasteiger partial charge in [-0.1, -0.05) is 12.5 Å². The van der Waals surface area contributed by atoms with E-state index in [4.69, 9.17) is 11.6 Å². The van der Waals surface area contributed by atoms with Crippen LogP contribution in [0.25, 0.3) is 5.52 Å². The second kappa shape index (κ2) is 5.17. The van der Waals surface area contributed by atoms with Crippen LogP contribution in [-0.2, 0) is 6.42 Å². The molecule has 2 aromatic rings. The van der Waals surface area contributed by atoms with Gasteiger partial charge in [0, 0.05) is 12.1 Å². The van der Waals surface area contributed by atoms with Gasteiger partial charge < -0.3 is 4.40 Å². The molecule has 0 aromatic carbocycles. The van der Waals surface area contributed by atoms with Crippen LogP contribution in [0.15, 0.2) is 30.7 Å². The first-order chi connectivity index (χ1) is 7.42. The van der Waals surface area contributed by atoms with Gasteiger partial charge in [-0.05, 0) is 31.4 Å². The van der Waals surface area contributed by atoms with Crippen molar-refractivity contribution < 1.29 is 0 Å². The minimum absolute atomic E-state index is 0.768. The highest BCUT2D eigenvalue weighted by atomic mass is 35.5. The standard InChI is InChI=1S/C12H15ClN2/c13-8-4-1-2-6-11-12-7-3-5-9-15(12)10-14-11/h3,5,7,9-10H,1-2,4,6,8H2. The first kappa shape index (κ1) is 10.5. The molecule has 0 fully saturated rings. The predicted molar refractivity (Wildman–Crippen MR) is 63.5 cm³/mol. The Morgan fingerprint density at radius 3 is 3.00 bits per heavy atom. The number of imidazole rings is 1. The number of alkyl halides is 1. The molecule has 15 heavy (non-hydrogen) atoms. The van der Waals surface area contributed by atoms with Crippen LogP contribution in [0.1, 0.15) is 25.0 Å². The summed E-state index contributed by atoms with van der Waals surface area (Å²) in [4.78, 5) is 4.42. The summed E-state index contributed by atoms with van der Waals surface area (Å²) in [5.74, 6) is 0.768. The molecule has 0 radical (unpaired) electrons. The molecule has 0 bridgehead atoms. The summed E-state index contributed by atoms with van der Waals surface area (Å²) in [5, 5.41) is 0. The Kier molecular flexibility index (Phi) is 3.62. The van der Waals surface area contributed by atoms with E-state index in [1.807, 2.05) is 18.6 Å². The highest BCUT2D eigenvalue weighted by Crippen LogP contribution is 2.12. The molecule has 2 aromatic heterocycles. The third-order valence-electron chi connectivity index (χ3n) is 2.57. The molecule has 0 unspecified atom stereocenters. The third kappa shape index (κ3) is 2.51. The van der Waals surface area contributed by atoms with Crippen molar-refractivity contribution in [3.8, 4) is 0 Å². The highest BCUT2D eigenvalue weighted by molar-refractivity contribution is 6.17. The Balaban J connectivity index is 2.02. The number of nitrogens with zero attached hydrogens (tertiary/aromatic N) is 2. The van der Waals surface area contributed by atoms with Gasteiger partial charge in [0.2, 0.25) is 0 Å². The van der Waals surface area contributed by atoms with Crippen LogP contribution in [0.3, 0.4) is 0 Å². The van der Waals surface area contributed by atoms with E-state index in [2.05, 4.69) is 21.5 Å². The molecule has 0 aliphatic rings. The molecule has 2 rings (SSSR count). The lowest BCUT2D eigenvalue weighted by Gasteiger charge is -1.98. The minimum Gasteiger partial charge on any atom is -0.306 e. The number of halogens is 1. The SMILES string of the molecule is ClCCCCCc1ncn2ccccc12. The molecule has 0 spiro atoms. The van der Waals surface area contributed by atoms with E-state index in [1.54, 1.807) is 0 Å². The van der Waals surface area contributed by atoms with Crippen molar-refractivity contribution in [2.24, 2.45) is 0 Å². The Labute approximate surface area is 94.9 Å². The zero-order chi connectivity index (χ0) is 10.5. The summed E-state index contributed by atoms with van der Waals surface area (Å²) in [6.45, 7) is 0. The van der Waals surface area contributed by atoms with Crippen molar-refractivity contribution in [1.29, 1.82) is 0 Å². The number of pyridine rings is 1. The van der Waals surface area contributed by atoms with Crippen molar-refractivity contribution in [2.75, 3.05) is 5.88 Å². The Bertz CT molecular complexity index is 422. The van der Waals surface area contributed by atoms with Crippen LogP contribution in [0.5, 0.6) is 0 Å². The quantitative estimate of drug-likeness (QED) is 0.561. The first-order valence-corrected chi connectivity index (χ1v) is 5.92. The second-order valence-corrected chi connectivity index (χ2v) is 4.06. The molecular weight excluding hydrogens is 208 g/mol. The van der Waals surface area contributed by atoms with Gasteiger partial charge in [0.1, 0.15) is 0 Å². The average molecular weight is 223 g/mol. The van der Waals surface area contributed by atoms with Crippen molar-refractivity contribution in [2.45, 2.75) is 25.7 Å². The number of rotatable bonds is 5. The summed E-state index contributed by atoms with van der Waals surface area (Å²) >= 11 is 5.64. The van der Waals surface area contributed by atoms with Crippen molar-refractivity contribution in [3.05, 3.63) is 36.4 Å². The minimum atomic E-state index is 0.768. The monoisotopic (exact) mass is 222 g/mol. The summed E-state index contributed by atoms with van der Waals surface area (Å²) in [6, 6.07) is 6.19. The van der Waals surface area contributed by atoms with Crippen LogP contribution < -0.4 is 0 Å². The van der Waals surface area contributed by atoms with E-state index in [-0.39, 0.29) is 0 Å². The number of unbranched alkanes of at least 4 members (excludes halogenated alkanes) is 2.